The third kappa shape index (κ3) is 4.57. The molecule has 3 rings (SSSR count). The molecule has 1 aromatic heterocycles. The molecule has 0 radical (unpaired) electrons. The lowest BCUT2D eigenvalue weighted by Gasteiger charge is -2.32. The van der Waals surface area contributed by atoms with Gasteiger partial charge in [-0.3, -0.25) is 0 Å². The van der Waals surface area contributed by atoms with Crippen molar-refractivity contribution in [1.29, 1.82) is 0 Å². The number of aromatic amines is 1. The predicted molar refractivity (Wildman–Crippen MR) is 111 cm³/mol. The molecular formula is C22H29NO2Si. The molecule has 0 amide bonds. The van der Waals surface area contributed by atoms with Gasteiger partial charge < -0.3 is 14.1 Å². The predicted octanol–water partition coefficient (Wildman–Crippen LogP) is 5.83. The Balaban J connectivity index is 1.82. The zero-order chi connectivity index (χ0) is 18.7. The largest absolute Gasteiger partial charge is 0.489 e. The molecule has 0 bridgehead atoms. The quantitative estimate of drug-likeness (QED) is 0.556. The summed E-state index contributed by atoms with van der Waals surface area (Å²) in [6.07, 6.45) is 0.0789. The molecule has 0 spiro atoms. The summed E-state index contributed by atoms with van der Waals surface area (Å²) in [6.45, 7) is 11.7. The molecule has 0 aliphatic carbocycles. The Morgan fingerprint density at radius 2 is 1.73 bits per heavy atom. The molecule has 138 valence electrons. The summed E-state index contributed by atoms with van der Waals surface area (Å²) in [5.74, 6) is 0.887. The summed E-state index contributed by atoms with van der Waals surface area (Å²) >= 11 is 0. The van der Waals surface area contributed by atoms with E-state index < -0.39 is 9.04 Å². The van der Waals surface area contributed by atoms with Gasteiger partial charge in [-0.1, -0.05) is 51.1 Å². The molecule has 3 nitrogen and oxygen atoms in total. The van der Waals surface area contributed by atoms with Crippen LogP contribution in [0.4, 0.5) is 0 Å². The maximum atomic E-state index is 6.34. The monoisotopic (exact) mass is 367 g/mol. The number of aromatic nitrogens is 1. The van der Waals surface area contributed by atoms with E-state index in [4.69, 9.17) is 9.16 Å². The van der Waals surface area contributed by atoms with Gasteiger partial charge in [0.25, 0.3) is 0 Å². The molecule has 2 aromatic carbocycles. The third-order valence-electron chi connectivity index (χ3n) is 4.34. The summed E-state index contributed by atoms with van der Waals surface area (Å²) in [7, 11) is -1.14. The van der Waals surface area contributed by atoms with E-state index >= 15 is 0 Å². The van der Waals surface area contributed by atoms with E-state index in [1.165, 1.54) is 5.56 Å². The highest BCUT2D eigenvalue weighted by Crippen LogP contribution is 2.37. The van der Waals surface area contributed by atoms with Crippen molar-refractivity contribution in [3.8, 4) is 5.75 Å². The molecule has 26 heavy (non-hydrogen) atoms. The average Bonchev–Trinajstić information content (AvgIpc) is 3.00. The minimum absolute atomic E-state index is 0.0464. The smallest absolute Gasteiger partial charge is 0.171 e. The number of H-pyrrole nitrogens is 1. The SMILES string of the molecule is C[SiH](C)OC(c1cc2cc(OCc3ccccc3)ccc2[nH]1)C(C)(C)C. The van der Waals surface area contributed by atoms with Gasteiger partial charge in [0.15, 0.2) is 9.04 Å². The Kier molecular flexibility index (Phi) is 5.54. The molecule has 4 heteroatoms. The maximum absolute atomic E-state index is 6.34. The van der Waals surface area contributed by atoms with Crippen molar-refractivity contribution in [2.45, 2.75) is 46.6 Å². The molecule has 3 aromatic rings. The Bertz CT molecular complexity index is 849. The fourth-order valence-corrected chi connectivity index (χ4v) is 4.22. The highest BCUT2D eigenvalue weighted by Gasteiger charge is 2.29. The molecule has 0 saturated carbocycles. The van der Waals surface area contributed by atoms with E-state index in [0.29, 0.717) is 6.61 Å². The summed E-state index contributed by atoms with van der Waals surface area (Å²) in [5, 5.41) is 1.16. The first-order valence-corrected chi connectivity index (χ1v) is 12.1. The number of rotatable bonds is 6. The molecule has 0 aliphatic rings. The third-order valence-corrected chi connectivity index (χ3v) is 5.16. The summed E-state index contributed by atoms with van der Waals surface area (Å²) in [5.41, 5.74) is 3.49. The molecule has 1 N–H and O–H groups in total. The van der Waals surface area contributed by atoms with Crippen LogP contribution in [0.1, 0.15) is 38.1 Å². The van der Waals surface area contributed by atoms with Crippen LogP contribution >= 0.6 is 0 Å². The van der Waals surface area contributed by atoms with Crippen LogP contribution in [-0.4, -0.2) is 14.0 Å². The van der Waals surface area contributed by atoms with Crippen LogP contribution in [0.3, 0.4) is 0 Å². The van der Waals surface area contributed by atoms with Crippen LogP contribution in [-0.2, 0) is 11.0 Å². The lowest BCUT2D eigenvalue weighted by molar-refractivity contribution is 0.0834. The van der Waals surface area contributed by atoms with Crippen LogP contribution in [0.2, 0.25) is 13.1 Å². The maximum Gasteiger partial charge on any atom is 0.171 e. The molecular weight excluding hydrogens is 338 g/mol. The summed E-state index contributed by atoms with van der Waals surface area (Å²) in [4.78, 5) is 3.55. The number of nitrogens with one attached hydrogen (secondary N) is 1. The van der Waals surface area contributed by atoms with Gasteiger partial charge in [0.05, 0.1) is 6.10 Å². The highest BCUT2D eigenvalue weighted by atomic mass is 28.3. The minimum atomic E-state index is -1.14. The van der Waals surface area contributed by atoms with E-state index in [2.05, 4.69) is 69.2 Å². The van der Waals surface area contributed by atoms with Crippen molar-refractivity contribution in [1.82, 2.24) is 4.98 Å². The molecule has 1 heterocycles. The first-order valence-electron chi connectivity index (χ1n) is 9.28. The fraction of sp³-hybridized carbons (Fsp3) is 0.364. The van der Waals surface area contributed by atoms with E-state index in [0.717, 1.165) is 22.3 Å². The second-order valence-electron chi connectivity index (χ2n) is 8.18. The summed E-state index contributed by atoms with van der Waals surface area (Å²) < 4.78 is 12.3. The van der Waals surface area contributed by atoms with Gasteiger partial charge >= 0.3 is 0 Å². The van der Waals surface area contributed by atoms with Gasteiger partial charge in [-0.2, -0.15) is 0 Å². The molecule has 0 aliphatic heterocycles. The van der Waals surface area contributed by atoms with Crippen LogP contribution < -0.4 is 4.74 Å². The average molecular weight is 368 g/mol. The van der Waals surface area contributed by atoms with Gasteiger partial charge in [-0.15, -0.1) is 0 Å². The van der Waals surface area contributed by atoms with Crippen LogP contribution in [0, 0.1) is 5.41 Å². The molecule has 0 saturated heterocycles. The second kappa shape index (κ2) is 7.68. The zero-order valence-electron chi connectivity index (χ0n) is 16.4. The first kappa shape index (κ1) is 18.7. The highest BCUT2D eigenvalue weighted by molar-refractivity contribution is 6.48. The van der Waals surface area contributed by atoms with Crippen molar-refractivity contribution in [2.24, 2.45) is 5.41 Å². The Morgan fingerprint density at radius 3 is 2.38 bits per heavy atom. The van der Waals surface area contributed by atoms with Crippen molar-refractivity contribution < 1.29 is 9.16 Å². The van der Waals surface area contributed by atoms with Crippen molar-refractivity contribution in [3.05, 3.63) is 65.9 Å². The number of hydrogen-bond acceptors (Lipinski definition) is 2. The Morgan fingerprint density at radius 1 is 1.00 bits per heavy atom. The van der Waals surface area contributed by atoms with Gasteiger partial charge in [0.1, 0.15) is 12.4 Å². The van der Waals surface area contributed by atoms with E-state index in [9.17, 15) is 0 Å². The topological polar surface area (TPSA) is 34.2 Å². The van der Waals surface area contributed by atoms with Crippen molar-refractivity contribution in [3.63, 3.8) is 0 Å². The number of ether oxygens (including phenoxy) is 1. The lowest BCUT2D eigenvalue weighted by atomic mass is 9.87. The van der Waals surface area contributed by atoms with Crippen molar-refractivity contribution in [2.75, 3.05) is 0 Å². The van der Waals surface area contributed by atoms with Gasteiger partial charge in [0, 0.05) is 16.6 Å². The van der Waals surface area contributed by atoms with E-state index in [-0.39, 0.29) is 11.5 Å². The van der Waals surface area contributed by atoms with Crippen LogP contribution in [0.15, 0.2) is 54.6 Å². The Hall–Kier alpha value is -2.04. The number of hydrogen-bond donors (Lipinski definition) is 1. The molecule has 1 atom stereocenters. The molecule has 0 fully saturated rings. The number of benzene rings is 2. The summed E-state index contributed by atoms with van der Waals surface area (Å²) in [6, 6.07) is 18.7. The zero-order valence-corrected chi connectivity index (χ0v) is 17.5. The number of fused-ring (bicyclic) bond motifs is 1. The van der Waals surface area contributed by atoms with Crippen molar-refractivity contribution >= 4 is 19.9 Å². The lowest BCUT2D eigenvalue weighted by Crippen LogP contribution is -2.26. The molecule has 1 unspecified atom stereocenters. The van der Waals surface area contributed by atoms with Gasteiger partial charge in [0.2, 0.25) is 0 Å². The van der Waals surface area contributed by atoms with E-state index in [1.54, 1.807) is 0 Å². The van der Waals surface area contributed by atoms with Gasteiger partial charge in [-0.25, -0.2) is 0 Å². The van der Waals surface area contributed by atoms with Gasteiger partial charge in [-0.05, 0) is 48.3 Å². The second-order valence-corrected chi connectivity index (χ2v) is 10.5. The standard InChI is InChI=1S/C22H29NO2Si/c1-22(2,3)21(25-26(4)5)20-14-17-13-18(11-12-19(17)23-20)24-15-16-9-7-6-8-10-16/h6-14,21,23,26H,15H2,1-5H3. The Labute approximate surface area is 158 Å². The first-order chi connectivity index (χ1) is 12.3. The van der Waals surface area contributed by atoms with E-state index in [1.807, 2.05) is 24.3 Å². The van der Waals surface area contributed by atoms with Crippen LogP contribution in [0.5, 0.6) is 5.75 Å². The fourth-order valence-electron chi connectivity index (χ4n) is 3.12. The minimum Gasteiger partial charge on any atom is -0.489 e. The van der Waals surface area contributed by atoms with Crippen LogP contribution in [0.25, 0.3) is 10.9 Å². The normalized spacial score (nSPS) is 13.3.